The molecule has 0 atom stereocenters. The average Bonchev–Trinajstić information content (AvgIpc) is 2.15. The van der Waals surface area contributed by atoms with Crippen molar-refractivity contribution in [3.05, 3.63) is 29.3 Å². The lowest BCUT2D eigenvalue weighted by Gasteiger charge is -2.29. The van der Waals surface area contributed by atoms with Crippen LogP contribution in [0, 0.1) is 0 Å². The second kappa shape index (κ2) is 4.23. The Hall–Kier alpha value is -1.02. The molecule has 0 saturated carbocycles. The molecule has 1 fully saturated rings. The standard InChI is InChI=1S/C13H19NO/c1-9(2)10-4-5-12(11-7-14-8-11)13(6-10)15-3/h4-6,9,11,14H,7-8H2,1-3H3. The minimum atomic E-state index is 0.562. The van der Waals surface area contributed by atoms with Crippen molar-refractivity contribution in [1.29, 1.82) is 0 Å². The van der Waals surface area contributed by atoms with Gasteiger partial charge in [-0.2, -0.15) is 0 Å². The van der Waals surface area contributed by atoms with Crippen molar-refractivity contribution in [1.82, 2.24) is 5.32 Å². The fourth-order valence-corrected chi connectivity index (χ4v) is 1.93. The van der Waals surface area contributed by atoms with E-state index in [1.807, 2.05) is 0 Å². The molecule has 1 aromatic rings. The second-order valence-corrected chi connectivity index (χ2v) is 4.51. The first-order valence-corrected chi connectivity index (χ1v) is 5.61. The van der Waals surface area contributed by atoms with Crippen molar-refractivity contribution in [3.63, 3.8) is 0 Å². The maximum Gasteiger partial charge on any atom is 0.122 e. The van der Waals surface area contributed by atoms with Gasteiger partial charge in [0.05, 0.1) is 7.11 Å². The van der Waals surface area contributed by atoms with Crippen LogP contribution in [0.15, 0.2) is 18.2 Å². The molecule has 15 heavy (non-hydrogen) atoms. The Balaban J connectivity index is 2.30. The van der Waals surface area contributed by atoms with Gasteiger partial charge in [0, 0.05) is 19.0 Å². The third kappa shape index (κ3) is 2.00. The summed E-state index contributed by atoms with van der Waals surface area (Å²) in [5.74, 6) is 2.25. The summed E-state index contributed by atoms with van der Waals surface area (Å²) in [4.78, 5) is 0. The highest BCUT2D eigenvalue weighted by atomic mass is 16.5. The topological polar surface area (TPSA) is 21.3 Å². The predicted molar refractivity (Wildman–Crippen MR) is 62.7 cm³/mol. The summed E-state index contributed by atoms with van der Waals surface area (Å²) < 4.78 is 5.47. The van der Waals surface area contributed by atoms with Gasteiger partial charge in [0.15, 0.2) is 0 Å². The van der Waals surface area contributed by atoms with Crippen LogP contribution in [0.4, 0.5) is 0 Å². The van der Waals surface area contributed by atoms with Gasteiger partial charge in [-0.05, 0) is 23.1 Å². The molecule has 1 N–H and O–H groups in total. The van der Waals surface area contributed by atoms with Crippen molar-refractivity contribution in [2.75, 3.05) is 20.2 Å². The van der Waals surface area contributed by atoms with Gasteiger partial charge in [0.25, 0.3) is 0 Å². The van der Waals surface area contributed by atoms with Crippen molar-refractivity contribution < 1.29 is 4.74 Å². The molecule has 0 aliphatic carbocycles. The summed E-state index contributed by atoms with van der Waals surface area (Å²) >= 11 is 0. The Morgan fingerprint density at radius 3 is 2.53 bits per heavy atom. The molecule has 0 spiro atoms. The maximum absolute atomic E-state index is 5.47. The molecule has 82 valence electrons. The lowest BCUT2D eigenvalue weighted by atomic mass is 9.90. The van der Waals surface area contributed by atoms with Crippen LogP contribution >= 0.6 is 0 Å². The van der Waals surface area contributed by atoms with Gasteiger partial charge in [0.1, 0.15) is 5.75 Å². The zero-order chi connectivity index (χ0) is 10.8. The lowest BCUT2D eigenvalue weighted by Crippen LogP contribution is -2.40. The minimum absolute atomic E-state index is 0.562. The molecule has 1 aliphatic rings. The molecule has 1 saturated heterocycles. The van der Waals surface area contributed by atoms with Crippen LogP contribution < -0.4 is 10.1 Å². The number of nitrogens with one attached hydrogen (secondary N) is 1. The van der Waals surface area contributed by atoms with E-state index in [9.17, 15) is 0 Å². The summed E-state index contributed by atoms with van der Waals surface area (Å²) in [6.07, 6.45) is 0. The van der Waals surface area contributed by atoms with Crippen molar-refractivity contribution in [3.8, 4) is 5.75 Å². The Morgan fingerprint density at radius 2 is 2.07 bits per heavy atom. The van der Waals surface area contributed by atoms with Crippen molar-refractivity contribution >= 4 is 0 Å². The number of hydrogen-bond acceptors (Lipinski definition) is 2. The van der Waals surface area contributed by atoms with Gasteiger partial charge in [-0.1, -0.05) is 26.0 Å². The van der Waals surface area contributed by atoms with E-state index >= 15 is 0 Å². The van der Waals surface area contributed by atoms with E-state index < -0.39 is 0 Å². The number of ether oxygens (including phenoxy) is 1. The Labute approximate surface area is 91.6 Å². The van der Waals surface area contributed by atoms with Gasteiger partial charge in [-0.3, -0.25) is 0 Å². The Bertz CT molecular complexity index is 342. The first kappa shape index (κ1) is 10.5. The van der Waals surface area contributed by atoms with Gasteiger partial charge in [0.2, 0.25) is 0 Å². The van der Waals surface area contributed by atoms with Crippen LogP contribution in [-0.2, 0) is 0 Å². The van der Waals surface area contributed by atoms with E-state index in [4.69, 9.17) is 4.74 Å². The molecule has 2 rings (SSSR count). The number of hydrogen-bond donors (Lipinski definition) is 1. The molecule has 0 radical (unpaired) electrons. The number of rotatable bonds is 3. The molecule has 1 heterocycles. The predicted octanol–water partition coefficient (Wildman–Crippen LogP) is 2.51. The molecule has 1 aromatic carbocycles. The number of benzene rings is 1. The van der Waals surface area contributed by atoms with E-state index in [0.29, 0.717) is 11.8 Å². The normalized spacial score (nSPS) is 16.5. The summed E-state index contributed by atoms with van der Waals surface area (Å²) in [6.45, 7) is 6.58. The van der Waals surface area contributed by atoms with Crippen LogP contribution in [0.5, 0.6) is 5.75 Å². The quantitative estimate of drug-likeness (QED) is 0.818. The molecule has 2 heteroatoms. The molecular weight excluding hydrogens is 186 g/mol. The van der Waals surface area contributed by atoms with Gasteiger partial charge >= 0.3 is 0 Å². The van der Waals surface area contributed by atoms with Crippen LogP contribution in [0.2, 0.25) is 0 Å². The van der Waals surface area contributed by atoms with Crippen LogP contribution in [-0.4, -0.2) is 20.2 Å². The first-order valence-electron chi connectivity index (χ1n) is 5.61. The zero-order valence-electron chi connectivity index (χ0n) is 9.71. The average molecular weight is 205 g/mol. The molecule has 0 unspecified atom stereocenters. The zero-order valence-corrected chi connectivity index (χ0v) is 9.71. The highest BCUT2D eigenvalue weighted by Crippen LogP contribution is 2.31. The van der Waals surface area contributed by atoms with Crippen LogP contribution in [0.25, 0.3) is 0 Å². The Morgan fingerprint density at radius 1 is 1.33 bits per heavy atom. The SMILES string of the molecule is COc1cc(C(C)C)ccc1C1CNC1. The van der Waals surface area contributed by atoms with E-state index in [0.717, 1.165) is 18.8 Å². The third-order valence-corrected chi connectivity index (χ3v) is 3.15. The summed E-state index contributed by atoms with van der Waals surface area (Å²) in [7, 11) is 1.76. The minimum Gasteiger partial charge on any atom is -0.496 e. The molecule has 1 aliphatic heterocycles. The maximum atomic E-state index is 5.47. The van der Waals surface area contributed by atoms with Gasteiger partial charge in [-0.25, -0.2) is 0 Å². The highest BCUT2D eigenvalue weighted by molar-refractivity contribution is 5.42. The monoisotopic (exact) mass is 205 g/mol. The van der Waals surface area contributed by atoms with Crippen molar-refractivity contribution in [2.45, 2.75) is 25.7 Å². The van der Waals surface area contributed by atoms with Crippen LogP contribution in [0.1, 0.15) is 36.8 Å². The number of methoxy groups -OCH3 is 1. The third-order valence-electron chi connectivity index (χ3n) is 3.15. The van der Waals surface area contributed by atoms with E-state index in [1.165, 1.54) is 11.1 Å². The fraction of sp³-hybridized carbons (Fsp3) is 0.538. The summed E-state index contributed by atoms with van der Waals surface area (Å²) in [6, 6.07) is 6.62. The second-order valence-electron chi connectivity index (χ2n) is 4.51. The smallest absolute Gasteiger partial charge is 0.122 e. The summed E-state index contributed by atoms with van der Waals surface area (Å²) in [5, 5.41) is 3.29. The van der Waals surface area contributed by atoms with E-state index in [1.54, 1.807) is 7.11 Å². The van der Waals surface area contributed by atoms with Crippen molar-refractivity contribution in [2.24, 2.45) is 0 Å². The largest absolute Gasteiger partial charge is 0.496 e. The van der Waals surface area contributed by atoms with E-state index in [-0.39, 0.29) is 0 Å². The molecule has 2 nitrogen and oxygen atoms in total. The Kier molecular flexibility index (Phi) is 2.96. The molecule has 0 aromatic heterocycles. The summed E-state index contributed by atoms with van der Waals surface area (Å²) in [5.41, 5.74) is 2.70. The highest BCUT2D eigenvalue weighted by Gasteiger charge is 2.22. The van der Waals surface area contributed by atoms with Crippen LogP contribution in [0.3, 0.4) is 0 Å². The molecule has 0 bridgehead atoms. The van der Waals surface area contributed by atoms with Gasteiger partial charge in [-0.15, -0.1) is 0 Å². The fourth-order valence-electron chi connectivity index (χ4n) is 1.93. The molecule has 0 amide bonds. The van der Waals surface area contributed by atoms with Gasteiger partial charge < -0.3 is 10.1 Å². The molecular formula is C13H19NO. The first-order chi connectivity index (χ1) is 7.22. The van der Waals surface area contributed by atoms with E-state index in [2.05, 4.69) is 37.4 Å². The lowest BCUT2D eigenvalue weighted by molar-refractivity contribution is 0.384.